The summed E-state index contributed by atoms with van der Waals surface area (Å²) in [6.45, 7) is 36.1. The molecule has 10 unspecified atom stereocenters. The van der Waals surface area contributed by atoms with Gasteiger partial charge in [-0.25, -0.2) is 0 Å². The smallest absolute Gasteiger partial charge is 0.0264 e. The van der Waals surface area contributed by atoms with Gasteiger partial charge in [-0.3, -0.25) is 0 Å². The molecule has 0 aromatic heterocycles. The summed E-state index contributed by atoms with van der Waals surface area (Å²) in [6.07, 6.45) is 14.8. The van der Waals surface area contributed by atoms with Crippen molar-refractivity contribution in [3.8, 4) is 0 Å². The minimum Gasteiger partial charge on any atom is -0.106 e. The summed E-state index contributed by atoms with van der Waals surface area (Å²) in [7, 11) is 0. The first-order chi connectivity index (χ1) is 16.9. The fourth-order valence-corrected chi connectivity index (χ4v) is 9.50. The second kappa shape index (κ2) is 14.6. The molecule has 4 saturated carbocycles. The molecule has 0 aromatic rings. The average Bonchev–Trinajstić information content (AvgIpc) is 3.18. The molecule has 10 atom stereocenters. The van der Waals surface area contributed by atoms with Gasteiger partial charge in [-0.1, -0.05) is 81.2 Å². The SMILES string of the molecule is C=C.C=C(C)CCC(C)C1CCC2C3C(C)CC4CC(C)CCC4(C)C3CCC12C.CC.CC(C)C. The molecule has 0 amide bonds. The first-order valence-corrected chi connectivity index (χ1v) is 16.0. The van der Waals surface area contributed by atoms with Crippen molar-refractivity contribution in [2.24, 2.45) is 64.1 Å². The molecule has 4 rings (SSSR count). The minimum atomic E-state index is 0.620. The lowest BCUT2D eigenvalue weighted by molar-refractivity contribution is -0.142. The molecule has 0 saturated heterocycles. The zero-order valence-electron chi connectivity index (χ0n) is 26.9. The van der Waals surface area contributed by atoms with Crippen LogP contribution in [0.2, 0.25) is 0 Å². The van der Waals surface area contributed by atoms with Gasteiger partial charge in [-0.2, -0.15) is 0 Å². The third-order valence-electron chi connectivity index (χ3n) is 11.1. The van der Waals surface area contributed by atoms with Crippen molar-refractivity contribution in [1.82, 2.24) is 0 Å². The summed E-state index contributed by atoms with van der Waals surface area (Å²) in [5.41, 5.74) is 2.66. The van der Waals surface area contributed by atoms with Crippen molar-refractivity contribution in [3.05, 3.63) is 25.3 Å². The van der Waals surface area contributed by atoms with Crippen LogP contribution in [-0.4, -0.2) is 0 Å². The Balaban J connectivity index is 0.000000725. The van der Waals surface area contributed by atoms with Crippen molar-refractivity contribution in [2.45, 2.75) is 140 Å². The van der Waals surface area contributed by atoms with E-state index in [9.17, 15) is 0 Å². The molecule has 36 heavy (non-hydrogen) atoms. The van der Waals surface area contributed by atoms with Crippen molar-refractivity contribution >= 4 is 0 Å². The molecular formula is C36H68. The van der Waals surface area contributed by atoms with Gasteiger partial charge < -0.3 is 0 Å². The second-order valence-corrected chi connectivity index (χ2v) is 14.5. The number of hydrogen-bond donors (Lipinski definition) is 0. The first-order valence-electron chi connectivity index (χ1n) is 16.0. The van der Waals surface area contributed by atoms with E-state index < -0.39 is 0 Å². The maximum atomic E-state index is 4.17. The van der Waals surface area contributed by atoms with E-state index in [1.165, 1.54) is 69.8 Å². The Morgan fingerprint density at radius 1 is 0.833 bits per heavy atom. The maximum absolute atomic E-state index is 4.17. The minimum absolute atomic E-state index is 0.620. The fraction of sp³-hybridized carbons (Fsp3) is 0.889. The largest absolute Gasteiger partial charge is 0.106 e. The summed E-state index contributed by atoms with van der Waals surface area (Å²) in [5, 5.41) is 0. The Morgan fingerprint density at radius 2 is 1.36 bits per heavy atom. The Kier molecular flexibility index (Phi) is 13.6. The van der Waals surface area contributed by atoms with E-state index >= 15 is 0 Å². The van der Waals surface area contributed by atoms with E-state index in [0.29, 0.717) is 10.8 Å². The monoisotopic (exact) mass is 501 g/mol. The van der Waals surface area contributed by atoms with E-state index in [-0.39, 0.29) is 0 Å². The molecule has 0 bridgehead atoms. The topological polar surface area (TPSA) is 0 Å². The third-order valence-corrected chi connectivity index (χ3v) is 11.1. The zero-order chi connectivity index (χ0) is 27.8. The molecule has 0 spiro atoms. The van der Waals surface area contributed by atoms with Crippen LogP contribution in [0.1, 0.15) is 140 Å². The van der Waals surface area contributed by atoms with Crippen molar-refractivity contribution in [1.29, 1.82) is 0 Å². The number of allylic oxidation sites excluding steroid dienone is 1. The quantitative estimate of drug-likeness (QED) is 0.337. The van der Waals surface area contributed by atoms with Gasteiger partial charge in [-0.15, -0.1) is 19.7 Å². The molecule has 0 radical (unpaired) electrons. The average molecular weight is 501 g/mol. The highest BCUT2D eigenvalue weighted by molar-refractivity contribution is 5.11. The molecular weight excluding hydrogens is 432 g/mol. The summed E-state index contributed by atoms with van der Waals surface area (Å²) < 4.78 is 0. The van der Waals surface area contributed by atoms with E-state index in [4.69, 9.17) is 0 Å². The number of fused-ring (bicyclic) bond motifs is 5. The predicted octanol–water partition coefficient (Wildman–Crippen LogP) is 12.0. The van der Waals surface area contributed by atoms with E-state index in [1.54, 1.807) is 0 Å². The van der Waals surface area contributed by atoms with E-state index in [1.807, 2.05) is 13.8 Å². The molecule has 0 heterocycles. The second-order valence-electron chi connectivity index (χ2n) is 14.5. The Morgan fingerprint density at radius 3 is 1.92 bits per heavy atom. The molecule has 4 aliphatic rings. The summed E-state index contributed by atoms with van der Waals surface area (Å²) in [5.74, 6) is 8.67. The maximum Gasteiger partial charge on any atom is -0.0264 e. The van der Waals surface area contributed by atoms with Crippen LogP contribution in [0.25, 0.3) is 0 Å². The van der Waals surface area contributed by atoms with Crippen LogP contribution in [0.15, 0.2) is 25.3 Å². The van der Waals surface area contributed by atoms with Crippen LogP contribution in [0, 0.1) is 64.1 Å². The Labute approximate surface area is 229 Å². The van der Waals surface area contributed by atoms with Crippen LogP contribution in [0.3, 0.4) is 0 Å². The highest BCUT2D eigenvalue weighted by Crippen LogP contribution is 2.69. The predicted molar refractivity (Wildman–Crippen MR) is 165 cm³/mol. The van der Waals surface area contributed by atoms with Crippen molar-refractivity contribution in [3.63, 3.8) is 0 Å². The normalized spacial score (nSPS) is 41.5. The number of rotatable bonds is 4. The van der Waals surface area contributed by atoms with Crippen LogP contribution >= 0.6 is 0 Å². The summed E-state index contributed by atoms with van der Waals surface area (Å²) >= 11 is 0. The van der Waals surface area contributed by atoms with Gasteiger partial charge >= 0.3 is 0 Å². The third kappa shape index (κ3) is 7.32. The first kappa shape index (κ1) is 33.5. The van der Waals surface area contributed by atoms with Crippen LogP contribution in [0.4, 0.5) is 0 Å². The fourth-order valence-electron chi connectivity index (χ4n) is 9.50. The Bertz CT molecular complexity index is 642. The van der Waals surface area contributed by atoms with Gasteiger partial charge in [0, 0.05) is 0 Å². The van der Waals surface area contributed by atoms with Gasteiger partial charge in [0.1, 0.15) is 0 Å². The van der Waals surface area contributed by atoms with Crippen molar-refractivity contribution in [2.75, 3.05) is 0 Å². The van der Waals surface area contributed by atoms with E-state index in [0.717, 1.165) is 53.3 Å². The van der Waals surface area contributed by atoms with Gasteiger partial charge in [0.05, 0.1) is 0 Å². The highest BCUT2D eigenvalue weighted by atomic mass is 14.7. The number of hydrogen-bond acceptors (Lipinski definition) is 0. The van der Waals surface area contributed by atoms with Gasteiger partial charge in [0.2, 0.25) is 0 Å². The molecule has 0 nitrogen and oxygen atoms in total. The summed E-state index contributed by atoms with van der Waals surface area (Å²) in [6, 6.07) is 0. The van der Waals surface area contributed by atoms with Crippen LogP contribution in [0.5, 0.6) is 0 Å². The van der Waals surface area contributed by atoms with Gasteiger partial charge in [0.15, 0.2) is 0 Å². The molecule has 212 valence electrons. The van der Waals surface area contributed by atoms with Gasteiger partial charge in [0.25, 0.3) is 0 Å². The standard InChI is InChI=1S/C28H48.C4H10.C2H6.C2H4/c1-18(2)8-9-20(4)23-10-11-24-26-21(5)17-22-16-19(3)12-14-27(22,6)25(26)13-15-28(23,24)7;1-4(2)3;2*1-2/h19-26H,1,8-17H2,2-7H3;4H,1-3H3;1-2H3;1-2H2. The van der Waals surface area contributed by atoms with Crippen molar-refractivity contribution < 1.29 is 0 Å². The van der Waals surface area contributed by atoms with Crippen LogP contribution < -0.4 is 0 Å². The molecule has 4 fully saturated rings. The Hall–Kier alpha value is -0.520. The van der Waals surface area contributed by atoms with Gasteiger partial charge in [-0.05, 0) is 129 Å². The summed E-state index contributed by atoms with van der Waals surface area (Å²) in [4.78, 5) is 0. The molecule has 0 aromatic carbocycles. The molecule has 0 aliphatic heterocycles. The lowest BCUT2D eigenvalue weighted by Crippen LogP contribution is -2.56. The molecule has 0 N–H and O–H groups in total. The zero-order valence-corrected chi connectivity index (χ0v) is 26.9. The molecule has 4 aliphatic carbocycles. The lowest BCUT2D eigenvalue weighted by Gasteiger charge is -2.63. The lowest BCUT2D eigenvalue weighted by atomic mass is 9.42. The molecule has 0 heteroatoms. The van der Waals surface area contributed by atoms with E-state index in [2.05, 4.69) is 82.1 Å². The highest BCUT2D eigenvalue weighted by Gasteiger charge is 2.61. The van der Waals surface area contributed by atoms with Crippen LogP contribution in [-0.2, 0) is 0 Å².